The van der Waals surface area contributed by atoms with Crippen molar-refractivity contribution in [3.05, 3.63) is 54.9 Å². The molecule has 4 aromatic rings. The SMILES string of the molecule is N[C@H]1CCN(c2cccc3ccc(-c4cnc5cc(O[C@H]6CCOC6)ccn45)nc23)C[C@H]1F. The van der Waals surface area contributed by atoms with Crippen molar-refractivity contribution < 1.29 is 13.9 Å². The van der Waals surface area contributed by atoms with E-state index in [4.69, 9.17) is 20.2 Å². The fourth-order valence-corrected chi connectivity index (χ4v) is 4.69. The standard InChI is InChI=1S/C25H26FN5O2/c26-19-14-30(9-7-20(19)27)22-3-1-2-16-4-5-21(29-25(16)22)23-13-28-24-12-17(6-10-31(23)24)33-18-8-11-32-15-18/h1-6,10,12-13,18-20H,7-9,11,14-15,27H2/t18-,19+,20-/m0/s1. The van der Waals surface area contributed by atoms with Gasteiger partial charge in [-0.2, -0.15) is 0 Å². The number of hydrogen-bond acceptors (Lipinski definition) is 6. The molecule has 0 unspecified atom stereocenters. The number of para-hydroxylation sites is 1. The van der Waals surface area contributed by atoms with E-state index in [2.05, 4.69) is 16.0 Å². The highest BCUT2D eigenvalue weighted by Crippen LogP contribution is 2.31. The highest BCUT2D eigenvalue weighted by atomic mass is 19.1. The fraction of sp³-hybridized carbons (Fsp3) is 0.360. The van der Waals surface area contributed by atoms with E-state index in [0.29, 0.717) is 13.0 Å². The van der Waals surface area contributed by atoms with Gasteiger partial charge in [0, 0.05) is 36.7 Å². The summed E-state index contributed by atoms with van der Waals surface area (Å²) in [6, 6.07) is 13.6. The molecular formula is C25H26FN5O2. The number of rotatable bonds is 4. The van der Waals surface area contributed by atoms with Gasteiger partial charge in [-0.1, -0.05) is 18.2 Å². The molecule has 0 saturated carbocycles. The van der Waals surface area contributed by atoms with E-state index in [1.165, 1.54) is 0 Å². The minimum absolute atomic E-state index is 0.0933. The molecule has 5 heterocycles. The van der Waals surface area contributed by atoms with Crippen LogP contribution in [0, 0.1) is 0 Å². The third kappa shape index (κ3) is 3.79. The zero-order valence-electron chi connectivity index (χ0n) is 18.2. The number of nitrogens with zero attached hydrogens (tertiary/aromatic N) is 4. The number of hydrogen-bond donors (Lipinski definition) is 1. The number of pyridine rings is 2. The molecule has 2 saturated heterocycles. The summed E-state index contributed by atoms with van der Waals surface area (Å²) in [5.74, 6) is 0.785. The molecule has 0 aliphatic carbocycles. The van der Waals surface area contributed by atoms with E-state index in [0.717, 1.165) is 58.9 Å². The zero-order valence-corrected chi connectivity index (χ0v) is 18.2. The van der Waals surface area contributed by atoms with Crippen LogP contribution in [0.4, 0.5) is 10.1 Å². The Labute approximate surface area is 190 Å². The van der Waals surface area contributed by atoms with Gasteiger partial charge in [-0.3, -0.25) is 4.40 Å². The van der Waals surface area contributed by atoms with Gasteiger partial charge in [0.2, 0.25) is 0 Å². The number of alkyl halides is 1. The number of imidazole rings is 1. The van der Waals surface area contributed by atoms with Crippen molar-refractivity contribution in [2.24, 2.45) is 5.73 Å². The van der Waals surface area contributed by atoms with E-state index >= 15 is 0 Å². The van der Waals surface area contributed by atoms with Gasteiger partial charge in [0.25, 0.3) is 0 Å². The average Bonchev–Trinajstić information content (AvgIpc) is 3.50. The Morgan fingerprint density at radius 3 is 2.94 bits per heavy atom. The lowest BCUT2D eigenvalue weighted by atomic mass is 10.0. The Morgan fingerprint density at radius 2 is 2.09 bits per heavy atom. The van der Waals surface area contributed by atoms with Gasteiger partial charge in [-0.25, -0.2) is 14.4 Å². The third-order valence-electron chi connectivity index (χ3n) is 6.57. The number of benzene rings is 1. The van der Waals surface area contributed by atoms with Crippen LogP contribution in [0.25, 0.3) is 27.9 Å². The highest BCUT2D eigenvalue weighted by Gasteiger charge is 2.27. The van der Waals surface area contributed by atoms with Crippen LogP contribution in [-0.4, -0.2) is 59.0 Å². The molecule has 2 aliphatic rings. The molecule has 0 spiro atoms. The van der Waals surface area contributed by atoms with Gasteiger partial charge in [-0.05, 0) is 24.6 Å². The summed E-state index contributed by atoms with van der Waals surface area (Å²) < 4.78 is 27.8. The molecule has 3 aromatic heterocycles. The number of piperidine rings is 1. The Morgan fingerprint density at radius 1 is 1.15 bits per heavy atom. The lowest BCUT2D eigenvalue weighted by Crippen LogP contribution is -2.48. The molecule has 0 bridgehead atoms. The van der Waals surface area contributed by atoms with Crippen LogP contribution in [0.15, 0.2) is 54.9 Å². The second kappa shape index (κ2) is 8.28. The predicted octanol–water partition coefficient (Wildman–Crippen LogP) is 3.59. The van der Waals surface area contributed by atoms with Crippen molar-refractivity contribution in [3.8, 4) is 17.1 Å². The number of nitrogens with two attached hydrogens (primary N) is 1. The van der Waals surface area contributed by atoms with E-state index in [1.54, 1.807) is 0 Å². The molecular weight excluding hydrogens is 421 g/mol. The zero-order chi connectivity index (χ0) is 22.4. The summed E-state index contributed by atoms with van der Waals surface area (Å²) >= 11 is 0. The summed E-state index contributed by atoms with van der Waals surface area (Å²) in [6.45, 7) is 2.38. The first-order valence-electron chi connectivity index (χ1n) is 11.4. The Bertz CT molecular complexity index is 1300. The maximum atomic E-state index is 14.3. The summed E-state index contributed by atoms with van der Waals surface area (Å²) in [5, 5.41) is 1.02. The van der Waals surface area contributed by atoms with Crippen molar-refractivity contribution >= 4 is 22.2 Å². The van der Waals surface area contributed by atoms with Gasteiger partial charge in [-0.15, -0.1) is 0 Å². The van der Waals surface area contributed by atoms with Crippen LogP contribution in [0.5, 0.6) is 5.75 Å². The van der Waals surface area contributed by atoms with Crippen LogP contribution < -0.4 is 15.4 Å². The molecule has 3 atom stereocenters. The summed E-state index contributed by atoms with van der Waals surface area (Å²) in [5.41, 5.74) is 10.2. The monoisotopic (exact) mass is 447 g/mol. The van der Waals surface area contributed by atoms with E-state index in [9.17, 15) is 4.39 Å². The lowest BCUT2D eigenvalue weighted by Gasteiger charge is -2.34. The van der Waals surface area contributed by atoms with Crippen molar-refractivity contribution in [3.63, 3.8) is 0 Å². The second-order valence-corrected chi connectivity index (χ2v) is 8.80. The Balaban J connectivity index is 1.35. The van der Waals surface area contributed by atoms with Crippen LogP contribution in [0.2, 0.25) is 0 Å². The second-order valence-electron chi connectivity index (χ2n) is 8.80. The third-order valence-corrected chi connectivity index (χ3v) is 6.57. The van der Waals surface area contributed by atoms with Gasteiger partial charge in [0.05, 0.1) is 48.5 Å². The normalized spacial score (nSPS) is 23.5. The van der Waals surface area contributed by atoms with Gasteiger partial charge < -0.3 is 20.1 Å². The molecule has 7 nitrogen and oxygen atoms in total. The largest absolute Gasteiger partial charge is 0.488 e. The van der Waals surface area contributed by atoms with E-state index in [-0.39, 0.29) is 12.6 Å². The number of anilines is 1. The molecule has 33 heavy (non-hydrogen) atoms. The van der Waals surface area contributed by atoms with E-state index in [1.807, 2.05) is 53.2 Å². The molecule has 8 heteroatoms. The predicted molar refractivity (Wildman–Crippen MR) is 125 cm³/mol. The summed E-state index contributed by atoms with van der Waals surface area (Å²) in [7, 11) is 0. The highest BCUT2D eigenvalue weighted by molar-refractivity contribution is 5.92. The van der Waals surface area contributed by atoms with Crippen LogP contribution >= 0.6 is 0 Å². The first-order valence-corrected chi connectivity index (χ1v) is 11.4. The number of ether oxygens (including phenoxy) is 2. The van der Waals surface area contributed by atoms with Crippen molar-refractivity contribution in [1.29, 1.82) is 0 Å². The average molecular weight is 448 g/mol. The molecule has 2 N–H and O–H groups in total. The smallest absolute Gasteiger partial charge is 0.140 e. The van der Waals surface area contributed by atoms with E-state index < -0.39 is 12.2 Å². The Kier molecular flexibility index (Phi) is 5.11. The lowest BCUT2D eigenvalue weighted by molar-refractivity contribution is 0.141. The maximum Gasteiger partial charge on any atom is 0.140 e. The minimum Gasteiger partial charge on any atom is -0.488 e. The van der Waals surface area contributed by atoms with Crippen LogP contribution in [-0.2, 0) is 4.74 Å². The number of aromatic nitrogens is 3. The molecule has 2 fully saturated rings. The number of fused-ring (bicyclic) bond motifs is 2. The first kappa shape index (κ1) is 20.4. The quantitative estimate of drug-likeness (QED) is 0.515. The summed E-state index contributed by atoms with van der Waals surface area (Å²) in [4.78, 5) is 11.6. The topological polar surface area (TPSA) is 77.9 Å². The van der Waals surface area contributed by atoms with Crippen LogP contribution in [0.1, 0.15) is 12.8 Å². The molecule has 0 amide bonds. The fourth-order valence-electron chi connectivity index (χ4n) is 4.69. The molecule has 6 rings (SSSR count). The maximum absolute atomic E-state index is 14.3. The van der Waals surface area contributed by atoms with Gasteiger partial charge in [0.1, 0.15) is 23.7 Å². The van der Waals surface area contributed by atoms with Crippen molar-refractivity contribution in [2.75, 3.05) is 31.2 Å². The minimum atomic E-state index is -1.04. The van der Waals surface area contributed by atoms with Gasteiger partial charge >= 0.3 is 0 Å². The van der Waals surface area contributed by atoms with Gasteiger partial charge in [0.15, 0.2) is 0 Å². The molecule has 170 valence electrons. The summed E-state index contributed by atoms with van der Waals surface area (Å²) in [6.07, 6.45) is 4.37. The van der Waals surface area contributed by atoms with Crippen molar-refractivity contribution in [2.45, 2.75) is 31.2 Å². The molecule has 1 aromatic carbocycles. The first-order chi connectivity index (χ1) is 16.2. The molecule has 0 radical (unpaired) electrons. The number of halogens is 1. The Hall–Kier alpha value is -3.23. The van der Waals surface area contributed by atoms with Crippen molar-refractivity contribution in [1.82, 2.24) is 14.4 Å². The molecule has 2 aliphatic heterocycles. The van der Waals surface area contributed by atoms with Crippen LogP contribution in [0.3, 0.4) is 0 Å².